The Kier molecular flexibility index (Phi) is 6.78. The lowest BCUT2D eigenvalue weighted by Crippen LogP contribution is -2.49. The van der Waals surface area contributed by atoms with E-state index in [1.54, 1.807) is 20.8 Å². The number of likely N-dealkylation sites (tertiary alicyclic amines) is 1. The van der Waals surface area contributed by atoms with Crippen molar-refractivity contribution in [3.63, 3.8) is 0 Å². The lowest BCUT2D eigenvalue weighted by Gasteiger charge is -2.30. The maximum absolute atomic E-state index is 12.9. The molecule has 7 nitrogen and oxygen atoms in total. The molecule has 1 fully saturated rings. The number of amides is 1. The van der Waals surface area contributed by atoms with Crippen molar-refractivity contribution in [2.45, 2.75) is 51.3 Å². The fourth-order valence-electron chi connectivity index (χ4n) is 3.38. The minimum atomic E-state index is -4.06. The van der Waals surface area contributed by atoms with Crippen molar-refractivity contribution in [3.05, 3.63) is 41.4 Å². The van der Waals surface area contributed by atoms with E-state index >= 15 is 0 Å². The zero-order valence-corrected chi connectivity index (χ0v) is 18.8. The van der Waals surface area contributed by atoms with E-state index in [4.69, 9.17) is 4.74 Å². The summed E-state index contributed by atoms with van der Waals surface area (Å²) in [5.74, 6) is 0. The Morgan fingerprint density at radius 1 is 1.33 bits per heavy atom. The predicted molar refractivity (Wildman–Crippen MR) is 114 cm³/mol. The largest absolute Gasteiger partial charge is 0.444 e. The van der Waals surface area contributed by atoms with Crippen LogP contribution in [-0.2, 0) is 21.2 Å². The molecule has 30 heavy (non-hydrogen) atoms. The summed E-state index contributed by atoms with van der Waals surface area (Å²) in [7, 11) is -4.06. The molecule has 0 aliphatic carbocycles. The number of rotatable bonds is 6. The highest BCUT2D eigenvalue weighted by Crippen LogP contribution is 2.28. The van der Waals surface area contributed by atoms with E-state index in [0.717, 1.165) is 16.3 Å². The van der Waals surface area contributed by atoms with E-state index in [-0.39, 0.29) is 0 Å². The summed E-state index contributed by atoms with van der Waals surface area (Å²) in [5, 5.41) is 2.74. The van der Waals surface area contributed by atoms with Gasteiger partial charge in [-0.05, 0) is 27.2 Å². The third-order valence-corrected chi connectivity index (χ3v) is 6.53. The Morgan fingerprint density at radius 3 is 2.67 bits per heavy atom. The Hall–Kier alpha value is -2.04. The molecule has 2 unspecified atom stereocenters. The van der Waals surface area contributed by atoms with Gasteiger partial charge in [0.15, 0.2) is 0 Å². The molecule has 2 heterocycles. The number of halogens is 1. The molecule has 0 saturated carbocycles. The Balaban J connectivity index is 1.83. The molecule has 0 bridgehead atoms. The fraction of sp³-hybridized carbons (Fsp3) is 0.500. The van der Waals surface area contributed by atoms with Gasteiger partial charge in [-0.3, -0.25) is 0 Å². The van der Waals surface area contributed by atoms with Crippen molar-refractivity contribution in [2.24, 2.45) is 0 Å². The number of ether oxygens (including phenoxy) is 1. The molecule has 3 rings (SSSR count). The first-order valence-electron chi connectivity index (χ1n) is 9.63. The van der Waals surface area contributed by atoms with Crippen LogP contribution in [0.2, 0.25) is 0 Å². The van der Waals surface area contributed by atoms with Crippen molar-refractivity contribution >= 4 is 27.5 Å². The summed E-state index contributed by atoms with van der Waals surface area (Å²) in [5.41, 5.74) is 1.04. The summed E-state index contributed by atoms with van der Waals surface area (Å²) >= 11 is 1.48. The van der Waals surface area contributed by atoms with E-state index in [1.165, 1.54) is 16.2 Å². The maximum Gasteiger partial charge on any atom is 0.410 e. The van der Waals surface area contributed by atoms with E-state index in [9.17, 15) is 17.6 Å². The molecule has 164 valence electrons. The maximum atomic E-state index is 12.9. The van der Waals surface area contributed by atoms with Crippen LogP contribution in [0.15, 0.2) is 35.7 Å². The second-order valence-corrected chi connectivity index (χ2v) is 10.7. The summed E-state index contributed by atoms with van der Waals surface area (Å²) in [6.07, 6.45) is 0.189. The van der Waals surface area contributed by atoms with Gasteiger partial charge in [0.25, 0.3) is 0 Å². The summed E-state index contributed by atoms with van der Waals surface area (Å²) in [6.45, 7) is 5.62. The predicted octanol–water partition coefficient (Wildman–Crippen LogP) is 3.58. The van der Waals surface area contributed by atoms with Gasteiger partial charge in [0.2, 0.25) is 16.0 Å². The molecular weight excluding hydrogens is 429 g/mol. The number of sulfonamides is 1. The van der Waals surface area contributed by atoms with E-state index in [2.05, 4.69) is 9.71 Å². The fourth-order valence-corrected chi connectivity index (χ4v) is 5.02. The van der Waals surface area contributed by atoms with Gasteiger partial charge in [-0.25, -0.2) is 27.3 Å². The highest BCUT2D eigenvalue weighted by molar-refractivity contribution is 7.89. The Bertz CT molecular complexity index is 973. The highest BCUT2D eigenvalue weighted by atomic mass is 32.2. The third kappa shape index (κ3) is 5.77. The number of nitrogens with zero attached hydrogens (tertiary/aromatic N) is 2. The van der Waals surface area contributed by atoms with Crippen molar-refractivity contribution < 1.29 is 22.3 Å². The van der Waals surface area contributed by atoms with Gasteiger partial charge in [0.1, 0.15) is 10.6 Å². The quantitative estimate of drug-likeness (QED) is 0.719. The number of carbonyl (C=O) groups is 1. The number of carbonyl (C=O) groups excluding carboxylic acids is 1. The first kappa shape index (κ1) is 22.6. The number of thiazole rings is 1. The summed E-state index contributed by atoms with van der Waals surface area (Å²) in [6, 6.07) is 7.08. The third-order valence-electron chi connectivity index (χ3n) is 4.64. The SMILES string of the molecule is CC(C)(C)OC(=O)N1CCC(NS(=O)(=O)CF)C1Cc1csc(-c2ccccc2)n1. The monoisotopic (exact) mass is 455 g/mol. The molecule has 1 N–H and O–H groups in total. The van der Waals surface area contributed by atoms with Crippen molar-refractivity contribution in [1.82, 2.24) is 14.6 Å². The van der Waals surface area contributed by atoms with E-state index < -0.39 is 39.8 Å². The van der Waals surface area contributed by atoms with Gasteiger partial charge >= 0.3 is 6.09 Å². The molecule has 1 aromatic carbocycles. The standard InChI is InChI=1S/C20H26FN3O4S2/c1-20(2,3)28-19(25)24-10-9-16(23-30(26,27)13-21)17(24)11-15-12-29-18(22-15)14-7-5-4-6-8-14/h4-8,12,16-17,23H,9-11,13H2,1-3H3. The minimum Gasteiger partial charge on any atom is -0.444 e. The van der Waals surface area contributed by atoms with Crippen LogP contribution in [0.25, 0.3) is 10.6 Å². The van der Waals surface area contributed by atoms with Crippen LogP contribution in [0, 0.1) is 0 Å². The Morgan fingerprint density at radius 2 is 2.03 bits per heavy atom. The van der Waals surface area contributed by atoms with Gasteiger partial charge in [-0.15, -0.1) is 11.3 Å². The number of hydrogen-bond acceptors (Lipinski definition) is 6. The lowest BCUT2D eigenvalue weighted by molar-refractivity contribution is 0.0218. The molecule has 1 saturated heterocycles. The molecule has 1 aliphatic rings. The van der Waals surface area contributed by atoms with Crippen molar-refractivity contribution in [3.8, 4) is 10.6 Å². The second-order valence-electron chi connectivity index (χ2n) is 8.19. The van der Waals surface area contributed by atoms with Crippen LogP contribution in [0.4, 0.5) is 9.18 Å². The van der Waals surface area contributed by atoms with E-state index in [0.29, 0.717) is 19.4 Å². The van der Waals surface area contributed by atoms with Crippen molar-refractivity contribution in [1.29, 1.82) is 0 Å². The number of alkyl halides is 1. The number of nitrogens with one attached hydrogen (secondary N) is 1. The normalized spacial score (nSPS) is 19.8. The van der Waals surface area contributed by atoms with Crippen LogP contribution in [0.1, 0.15) is 32.9 Å². The van der Waals surface area contributed by atoms with Gasteiger partial charge < -0.3 is 9.64 Å². The zero-order chi connectivity index (χ0) is 21.9. The van der Waals surface area contributed by atoms with Gasteiger partial charge in [-0.2, -0.15) is 0 Å². The van der Waals surface area contributed by atoms with Crippen LogP contribution in [0.5, 0.6) is 0 Å². The van der Waals surface area contributed by atoms with Crippen LogP contribution in [-0.4, -0.2) is 54.6 Å². The number of aromatic nitrogens is 1. The van der Waals surface area contributed by atoms with Crippen LogP contribution >= 0.6 is 11.3 Å². The van der Waals surface area contributed by atoms with Crippen LogP contribution < -0.4 is 4.72 Å². The van der Waals surface area contributed by atoms with Crippen molar-refractivity contribution in [2.75, 3.05) is 12.6 Å². The van der Waals surface area contributed by atoms with Gasteiger partial charge in [0, 0.05) is 30.0 Å². The number of benzene rings is 1. The molecule has 10 heteroatoms. The lowest BCUT2D eigenvalue weighted by atomic mass is 10.1. The molecule has 1 amide bonds. The summed E-state index contributed by atoms with van der Waals surface area (Å²) < 4.78 is 44.4. The average Bonchev–Trinajstić information content (AvgIpc) is 3.29. The molecule has 0 radical (unpaired) electrons. The minimum absolute atomic E-state index is 0.314. The molecular formula is C20H26FN3O4S2. The van der Waals surface area contributed by atoms with Gasteiger partial charge in [0.05, 0.1) is 11.7 Å². The first-order valence-corrected chi connectivity index (χ1v) is 12.2. The topological polar surface area (TPSA) is 88.6 Å². The molecule has 1 aromatic heterocycles. The summed E-state index contributed by atoms with van der Waals surface area (Å²) in [4.78, 5) is 18.9. The molecule has 1 aliphatic heterocycles. The molecule has 2 atom stereocenters. The van der Waals surface area contributed by atoms with Gasteiger partial charge in [-0.1, -0.05) is 30.3 Å². The Labute approximate surface area is 180 Å². The first-order chi connectivity index (χ1) is 14.1. The zero-order valence-electron chi connectivity index (χ0n) is 17.2. The second kappa shape index (κ2) is 8.99. The van der Waals surface area contributed by atoms with E-state index in [1.807, 2.05) is 35.7 Å². The smallest absolute Gasteiger partial charge is 0.410 e. The number of hydrogen-bond donors (Lipinski definition) is 1. The molecule has 2 aromatic rings. The molecule has 0 spiro atoms. The average molecular weight is 456 g/mol. The van der Waals surface area contributed by atoms with Crippen LogP contribution in [0.3, 0.4) is 0 Å². The highest BCUT2D eigenvalue weighted by Gasteiger charge is 2.41.